The monoisotopic (exact) mass is 338 g/mol. The van der Waals surface area contributed by atoms with Crippen LogP contribution in [0.1, 0.15) is 46.5 Å². The Balaban J connectivity index is 2.06. The Hall–Kier alpha value is -2.10. The highest BCUT2D eigenvalue weighted by Crippen LogP contribution is 2.29. The largest absolute Gasteiger partial charge is 0.357 e. The van der Waals surface area contributed by atoms with E-state index in [9.17, 15) is 0 Å². The Kier molecular flexibility index (Phi) is 5.90. The van der Waals surface area contributed by atoms with Gasteiger partial charge in [0.05, 0.1) is 5.69 Å². The summed E-state index contributed by atoms with van der Waals surface area (Å²) < 4.78 is 0. The van der Waals surface area contributed by atoms with Crippen molar-refractivity contribution >= 4 is 11.8 Å². The fraction of sp³-hybridized carbons (Fsp3) is 0.524. The van der Waals surface area contributed by atoms with Gasteiger partial charge in [0.1, 0.15) is 5.82 Å². The molecule has 1 aliphatic heterocycles. The lowest BCUT2D eigenvalue weighted by Crippen LogP contribution is -2.40. The number of nitrogens with zero attached hydrogens (tertiary/aromatic N) is 4. The Bertz CT molecular complexity index is 667. The first-order chi connectivity index (χ1) is 12.3. The molecule has 0 saturated carbocycles. The number of rotatable bonds is 6. The number of aromatic nitrogens is 2. The molecule has 1 fully saturated rings. The minimum Gasteiger partial charge on any atom is -0.357 e. The molecule has 3 rings (SSSR count). The van der Waals surface area contributed by atoms with Gasteiger partial charge in [-0.15, -0.1) is 0 Å². The zero-order valence-electron chi connectivity index (χ0n) is 15.8. The van der Waals surface area contributed by atoms with Crippen molar-refractivity contribution in [1.29, 1.82) is 0 Å². The van der Waals surface area contributed by atoms with Crippen LogP contribution in [0.4, 0.5) is 11.8 Å². The Morgan fingerprint density at radius 1 is 1.04 bits per heavy atom. The van der Waals surface area contributed by atoms with E-state index in [-0.39, 0.29) is 0 Å². The quantitative estimate of drug-likeness (QED) is 0.760. The van der Waals surface area contributed by atoms with Crippen LogP contribution in [-0.2, 0) is 0 Å². The van der Waals surface area contributed by atoms with Crippen LogP contribution in [0.25, 0.3) is 11.3 Å². The van der Waals surface area contributed by atoms with Crippen LogP contribution in [0.5, 0.6) is 0 Å². The van der Waals surface area contributed by atoms with Gasteiger partial charge in [0.2, 0.25) is 5.95 Å². The summed E-state index contributed by atoms with van der Waals surface area (Å²) in [5, 5.41) is 0. The van der Waals surface area contributed by atoms with E-state index >= 15 is 0 Å². The molecule has 2 heterocycles. The molecule has 0 radical (unpaired) electrons. The van der Waals surface area contributed by atoms with Crippen molar-refractivity contribution in [1.82, 2.24) is 9.97 Å². The normalized spacial score (nSPS) is 17.6. The van der Waals surface area contributed by atoms with Crippen molar-refractivity contribution < 1.29 is 0 Å². The summed E-state index contributed by atoms with van der Waals surface area (Å²) >= 11 is 0. The molecule has 1 saturated heterocycles. The standard InChI is InChI=1S/C21H30N4/c1-4-18-14-10-11-15-25(18)21-22-19(17-12-8-7-9-13-17)16-20(23-21)24(5-2)6-3/h7-9,12-13,16,18H,4-6,10-11,14-15H2,1-3H3. The van der Waals surface area contributed by atoms with E-state index in [2.05, 4.69) is 67.0 Å². The molecule has 2 aromatic rings. The summed E-state index contributed by atoms with van der Waals surface area (Å²) in [5.41, 5.74) is 2.18. The fourth-order valence-corrected chi connectivity index (χ4v) is 3.71. The molecular formula is C21H30N4. The molecule has 4 nitrogen and oxygen atoms in total. The molecule has 0 amide bonds. The van der Waals surface area contributed by atoms with Crippen LogP contribution in [-0.4, -0.2) is 35.6 Å². The number of hydrogen-bond donors (Lipinski definition) is 0. The minimum atomic E-state index is 0.560. The summed E-state index contributed by atoms with van der Waals surface area (Å²) in [7, 11) is 0. The van der Waals surface area contributed by atoms with Crippen LogP contribution >= 0.6 is 0 Å². The lowest BCUT2D eigenvalue weighted by atomic mass is 10.0. The van der Waals surface area contributed by atoms with Crippen LogP contribution in [0.3, 0.4) is 0 Å². The minimum absolute atomic E-state index is 0.560. The molecule has 0 bridgehead atoms. The van der Waals surface area contributed by atoms with E-state index in [1.165, 1.54) is 19.3 Å². The second-order valence-corrected chi connectivity index (χ2v) is 6.70. The van der Waals surface area contributed by atoms with E-state index in [0.29, 0.717) is 6.04 Å². The van der Waals surface area contributed by atoms with Gasteiger partial charge in [-0.2, -0.15) is 4.98 Å². The highest BCUT2D eigenvalue weighted by molar-refractivity contribution is 5.65. The van der Waals surface area contributed by atoms with Gasteiger partial charge in [-0.1, -0.05) is 37.3 Å². The second-order valence-electron chi connectivity index (χ2n) is 6.70. The topological polar surface area (TPSA) is 32.3 Å². The summed E-state index contributed by atoms with van der Waals surface area (Å²) in [6, 6.07) is 13.2. The smallest absolute Gasteiger partial charge is 0.228 e. The SMILES string of the molecule is CCC1CCCCN1c1nc(-c2ccccc2)cc(N(CC)CC)n1. The van der Waals surface area contributed by atoms with Crippen LogP contribution < -0.4 is 9.80 Å². The van der Waals surface area contributed by atoms with Crippen molar-refractivity contribution in [3.8, 4) is 11.3 Å². The summed E-state index contributed by atoms with van der Waals surface area (Å²) in [6.45, 7) is 9.62. The highest BCUT2D eigenvalue weighted by Gasteiger charge is 2.24. The lowest BCUT2D eigenvalue weighted by Gasteiger charge is -2.36. The van der Waals surface area contributed by atoms with Crippen LogP contribution in [0.2, 0.25) is 0 Å². The van der Waals surface area contributed by atoms with Crippen molar-refractivity contribution in [2.45, 2.75) is 52.5 Å². The fourth-order valence-electron chi connectivity index (χ4n) is 3.71. The van der Waals surface area contributed by atoms with Gasteiger partial charge in [-0.3, -0.25) is 0 Å². The third-order valence-electron chi connectivity index (χ3n) is 5.21. The molecule has 0 N–H and O–H groups in total. The number of anilines is 2. The number of piperidine rings is 1. The van der Waals surface area contributed by atoms with Gasteiger partial charge in [0.15, 0.2) is 0 Å². The van der Waals surface area contributed by atoms with Gasteiger partial charge in [0.25, 0.3) is 0 Å². The predicted molar refractivity (Wildman–Crippen MR) is 106 cm³/mol. The predicted octanol–water partition coefficient (Wildman–Crippen LogP) is 4.76. The average molecular weight is 338 g/mol. The first-order valence-corrected chi connectivity index (χ1v) is 9.72. The highest BCUT2D eigenvalue weighted by atomic mass is 15.3. The van der Waals surface area contributed by atoms with Crippen molar-refractivity contribution in [3.63, 3.8) is 0 Å². The molecule has 1 aromatic carbocycles. The molecule has 25 heavy (non-hydrogen) atoms. The van der Waals surface area contributed by atoms with E-state index < -0.39 is 0 Å². The third kappa shape index (κ3) is 3.94. The average Bonchev–Trinajstić information content (AvgIpc) is 2.69. The molecule has 1 atom stereocenters. The first kappa shape index (κ1) is 17.7. The van der Waals surface area contributed by atoms with Crippen molar-refractivity contribution in [2.75, 3.05) is 29.4 Å². The maximum absolute atomic E-state index is 4.96. The van der Waals surface area contributed by atoms with Crippen LogP contribution in [0.15, 0.2) is 36.4 Å². The maximum atomic E-state index is 4.96. The Morgan fingerprint density at radius 3 is 2.48 bits per heavy atom. The van der Waals surface area contributed by atoms with E-state index in [1.807, 2.05) is 0 Å². The molecule has 0 spiro atoms. The Labute approximate surface area is 151 Å². The molecule has 1 unspecified atom stereocenters. The van der Waals surface area contributed by atoms with Gasteiger partial charge in [-0.05, 0) is 39.5 Å². The summed E-state index contributed by atoms with van der Waals surface area (Å²) in [4.78, 5) is 14.7. The number of hydrogen-bond acceptors (Lipinski definition) is 4. The first-order valence-electron chi connectivity index (χ1n) is 9.72. The summed E-state index contributed by atoms with van der Waals surface area (Å²) in [5.74, 6) is 1.93. The molecule has 134 valence electrons. The van der Waals surface area contributed by atoms with Crippen molar-refractivity contribution in [2.24, 2.45) is 0 Å². The lowest BCUT2D eigenvalue weighted by molar-refractivity contribution is 0.443. The van der Waals surface area contributed by atoms with E-state index in [1.54, 1.807) is 0 Å². The zero-order valence-corrected chi connectivity index (χ0v) is 15.8. The van der Waals surface area contributed by atoms with Crippen molar-refractivity contribution in [3.05, 3.63) is 36.4 Å². The molecule has 4 heteroatoms. The zero-order chi connectivity index (χ0) is 17.6. The summed E-state index contributed by atoms with van der Waals surface area (Å²) in [6.07, 6.45) is 4.95. The second kappa shape index (κ2) is 8.32. The van der Waals surface area contributed by atoms with Gasteiger partial charge in [-0.25, -0.2) is 4.98 Å². The molecule has 0 aliphatic carbocycles. The Morgan fingerprint density at radius 2 is 1.80 bits per heavy atom. The molecular weight excluding hydrogens is 308 g/mol. The van der Waals surface area contributed by atoms with E-state index in [4.69, 9.17) is 9.97 Å². The van der Waals surface area contributed by atoms with Gasteiger partial charge in [0, 0.05) is 37.3 Å². The molecule has 1 aliphatic rings. The maximum Gasteiger partial charge on any atom is 0.228 e. The van der Waals surface area contributed by atoms with E-state index in [0.717, 1.165) is 49.1 Å². The van der Waals surface area contributed by atoms with Crippen LogP contribution in [0, 0.1) is 0 Å². The molecule has 1 aromatic heterocycles. The number of benzene rings is 1. The van der Waals surface area contributed by atoms with Gasteiger partial charge >= 0.3 is 0 Å². The van der Waals surface area contributed by atoms with Gasteiger partial charge < -0.3 is 9.80 Å². The third-order valence-corrected chi connectivity index (χ3v) is 5.21.